The zero-order valence-electron chi connectivity index (χ0n) is 16.5. The highest BCUT2D eigenvalue weighted by atomic mass is 16.2. The monoisotopic (exact) mass is 352 g/mol. The van der Waals surface area contributed by atoms with Gasteiger partial charge in [-0.25, -0.2) is 0 Å². The third-order valence-corrected chi connectivity index (χ3v) is 5.49. The molecule has 144 valence electrons. The van der Waals surface area contributed by atoms with E-state index in [1.165, 1.54) is 12.8 Å². The van der Waals surface area contributed by atoms with Crippen molar-refractivity contribution in [2.45, 2.75) is 45.6 Å². The van der Waals surface area contributed by atoms with Crippen LogP contribution >= 0.6 is 0 Å². The largest absolute Gasteiger partial charge is 0.353 e. The fourth-order valence-electron chi connectivity index (χ4n) is 4.04. The van der Waals surface area contributed by atoms with Crippen LogP contribution in [0.25, 0.3) is 0 Å². The van der Waals surface area contributed by atoms with Gasteiger partial charge in [0.2, 0.25) is 11.8 Å². The second kappa shape index (κ2) is 9.53. The van der Waals surface area contributed by atoms with Crippen molar-refractivity contribution >= 4 is 11.8 Å². The van der Waals surface area contributed by atoms with E-state index < -0.39 is 0 Å². The molecule has 0 aromatic rings. The minimum atomic E-state index is -0.0269. The quantitative estimate of drug-likeness (QED) is 0.743. The van der Waals surface area contributed by atoms with Crippen LogP contribution in [0.5, 0.6) is 0 Å². The molecule has 2 aliphatic rings. The van der Waals surface area contributed by atoms with E-state index in [2.05, 4.69) is 15.1 Å². The Morgan fingerprint density at radius 1 is 1.08 bits per heavy atom. The molecule has 2 amide bonds. The molecule has 25 heavy (non-hydrogen) atoms. The summed E-state index contributed by atoms with van der Waals surface area (Å²) in [6.45, 7) is 8.56. The Balaban J connectivity index is 1.94. The van der Waals surface area contributed by atoms with Gasteiger partial charge >= 0.3 is 0 Å². The van der Waals surface area contributed by atoms with E-state index in [4.69, 9.17) is 0 Å². The molecule has 1 aliphatic heterocycles. The molecular formula is C19H36N4O2. The molecule has 1 saturated carbocycles. The SMILES string of the molecule is CC(C)C(=O)N1CCN(C(C(=O)NCCN(C)C)C2CCCC2)CC1. The molecule has 0 aromatic heterocycles. The highest BCUT2D eigenvalue weighted by Crippen LogP contribution is 2.31. The smallest absolute Gasteiger partial charge is 0.237 e. The lowest BCUT2D eigenvalue weighted by Crippen LogP contribution is -2.58. The summed E-state index contributed by atoms with van der Waals surface area (Å²) in [4.78, 5) is 31.4. The maximum absolute atomic E-state index is 12.9. The molecule has 1 saturated heterocycles. The number of likely N-dealkylation sites (N-methyl/N-ethyl adjacent to an activating group) is 1. The van der Waals surface area contributed by atoms with Crippen LogP contribution in [0, 0.1) is 11.8 Å². The molecule has 1 unspecified atom stereocenters. The summed E-state index contributed by atoms with van der Waals surface area (Å²) in [5, 5.41) is 3.14. The first-order chi connectivity index (χ1) is 11.9. The van der Waals surface area contributed by atoms with Crippen molar-refractivity contribution in [1.29, 1.82) is 0 Å². The Morgan fingerprint density at radius 3 is 2.20 bits per heavy atom. The second-order valence-corrected chi connectivity index (χ2v) is 8.10. The lowest BCUT2D eigenvalue weighted by atomic mass is 9.95. The average Bonchev–Trinajstić information content (AvgIpc) is 3.08. The van der Waals surface area contributed by atoms with E-state index in [1.807, 2.05) is 32.8 Å². The van der Waals surface area contributed by atoms with Crippen molar-refractivity contribution in [3.63, 3.8) is 0 Å². The van der Waals surface area contributed by atoms with Crippen LogP contribution < -0.4 is 5.32 Å². The summed E-state index contributed by atoms with van der Waals surface area (Å²) in [7, 11) is 4.04. The predicted octanol–water partition coefficient (Wildman–Crippen LogP) is 1.02. The Bertz CT molecular complexity index is 439. The zero-order chi connectivity index (χ0) is 18.4. The number of nitrogens with zero attached hydrogens (tertiary/aromatic N) is 3. The highest BCUT2D eigenvalue weighted by Gasteiger charge is 2.37. The first-order valence-electron chi connectivity index (χ1n) is 9.85. The lowest BCUT2D eigenvalue weighted by molar-refractivity contribution is -0.138. The number of amides is 2. The summed E-state index contributed by atoms with van der Waals surface area (Å²) in [6.07, 6.45) is 4.77. The number of hydrogen-bond donors (Lipinski definition) is 1. The minimum Gasteiger partial charge on any atom is -0.353 e. The molecule has 0 aromatic carbocycles. The Kier molecular flexibility index (Phi) is 7.69. The van der Waals surface area contributed by atoms with Gasteiger partial charge in [-0.15, -0.1) is 0 Å². The number of carbonyl (C=O) groups is 2. The lowest BCUT2D eigenvalue weighted by Gasteiger charge is -2.41. The molecule has 1 heterocycles. The van der Waals surface area contributed by atoms with Crippen LogP contribution in [0.4, 0.5) is 0 Å². The standard InChI is InChI=1S/C19H36N4O2/c1-15(2)19(25)23-13-11-22(12-14-23)17(16-7-5-6-8-16)18(24)20-9-10-21(3)4/h15-17H,5-14H2,1-4H3,(H,20,24). The zero-order valence-corrected chi connectivity index (χ0v) is 16.5. The molecule has 2 fully saturated rings. The normalized spacial score (nSPS) is 21.1. The maximum Gasteiger partial charge on any atom is 0.237 e. The first-order valence-corrected chi connectivity index (χ1v) is 9.85. The third-order valence-electron chi connectivity index (χ3n) is 5.49. The van der Waals surface area contributed by atoms with Gasteiger partial charge in [-0.05, 0) is 32.9 Å². The molecule has 1 N–H and O–H groups in total. The van der Waals surface area contributed by atoms with Gasteiger partial charge in [0, 0.05) is 45.2 Å². The van der Waals surface area contributed by atoms with Gasteiger partial charge in [-0.2, -0.15) is 0 Å². The Hall–Kier alpha value is -1.14. The molecule has 2 rings (SSSR count). The summed E-state index contributed by atoms with van der Waals surface area (Å²) in [6, 6.07) is -0.0269. The van der Waals surface area contributed by atoms with E-state index in [1.54, 1.807) is 0 Å². The van der Waals surface area contributed by atoms with Crippen molar-refractivity contribution in [1.82, 2.24) is 20.0 Å². The van der Waals surface area contributed by atoms with E-state index in [0.717, 1.165) is 45.6 Å². The average molecular weight is 353 g/mol. The van der Waals surface area contributed by atoms with Gasteiger partial charge in [0.1, 0.15) is 0 Å². The number of piperazine rings is 1. The van der Waals surface area contributed by atoms with Crippen molar-refractivity contribution < 1.29 is 9.59 Å². The van der Waals surface area contributed by atoms with Crippen molar-refractivity contribution in [3.8, 4) is 0 Å². The predicted molar refractivity (Wildman–Crippen MR) is 100 cm³/mol. The van der Waals surface area contributed by atoms with E-state index in [-0.39, 0.29) is 23.8 Å². The van der Waals surface area contributed by atoms with Gasteiger partial charge in [0.05, 0.1) is 6.04 Å². The number of rotatable bonds is 7. The van der Waals surface area contributed by atoms with Crippen molar-refractivity contribution in [3.05, 3.63) is 0 Å². The van der Waals surface area contributed by atoms with Crippen LogP contribution in [0.15, 0.2) is 0 Å². The van der Waals surface area contributed by atoms with Crippen LogP contribution in [0.3, 0.4) is 0 Å². The van der Waals surface area contributed by atoms with Crippen LogP contribution in [-0.4, -0.2) is 85.9 Å². The molecule has 0 bridgehead atoms. The van der Waals surface area contributed by atoms with Crippen molar-refractivity contribution in [2.75, 3.05) is 53.4 Å². The summed E-state index contributed by atoms with van der Waals surface area (Å²) in [5.74, 6) is 0.920. The van der Waals surface area contributed by atoms with Gasteiger partial charge < -0.3 is 15.1 Å². The molecular weight excluding hydrogens is 316 g/mol. The minimum absolute atomic E-state index is 0.0269. The highest BCUT2D eigenvalue weighted by molar-refractivity contribution is 5.82. The van der Waals surface area contributed by atoms with Crippen molar-refractivity contribution in [2.24, 2.45) is 11.8 Å². The van der Waals surface area contributed by atoms with Gasteiger partial charge in [-0.1, -0.05) is 26.7 Å². The van der Waals surface area contributed by atoms with Gasteiger partial charge in [-0.3, -0.25) is 14.5 Å². The Labute approximate surface area is 152 Å². The summed E-state index contributed by atoms with van der Waals surface area (Å²) < 4.78 is 0. The first kappa shape index (κ1) is 20.2. The molecule has 0 radical (unpaired) electrons. The molecule has 1 aliphatic carbocycles. The van der Waals surface area contributed by atoms with E-state index in [9.17, 15) is 9.59 Å². The number of hydrogen-bond acceptors (Lipinski definition) is 4. The van der Waals surface area contributed by atoms with Crippen LogP contribution in [0.2, 0.25) is 0 Å². The Morgan fingerprint density at radius 2 is 1.68 bits per heavy atom. The fraction of sp³-hybridized carbons (Fsp3) is 0.895. The van der Waals surface area contributed by atoms with E-state index in [0.29, 0.717) is 12.5 Å². The van der Waals surface area contributed by atoms with Crippen LogP contribution in [0.1, 0.15) is 39.5 Å². The maximum atomic E-state index is 12.9. The topological polar surface area (TPSA) is 55.9 Å². The third kappa shape index (κ3) is 5.68. The number of nitrogens with one attached hydrogen (secondary N) is 1. The molecule has 6 nitrogen and oxygen atoms in total. The molecule has 6 heteroatoms. The van der Waals surface area contributed by atoms with E-state index >= 15 is 0 Å². The summed E-state index contributed by atoms with van der Waals surface area (Å²) in [5.41, 5.74) is 0. The summed E-state index contributed by atoms with van der Waals surface area (Å²) >= 11 is 0. The fourth-order valence-corrected chi connectivity index (χ4v) is 4.04. The molecule has 0 spiro atoms. The van der Waals surface area contributed by atoms with Gasteiger partial charge in [0.25, 0.3) is 0 Å². The van der Waals surface area contributed by atoms with Gasteiger partial charge in [0.15, 0.2) is 0 Å². The second-order valence-electron chi connectivity index (χ2n) is 8.10. The molecule has 1 atom stereocenters. The number of carbonyl (C=O) groups excluding carboxylic acids is 2. The van der Waals surface area contributed by atoms with Crippen LogP contribution in [-0.2, 0) is 9.59 Å².